The molecule has 1 aromatic carbocycles. The summed E-state index contributed by atoms with van der Waals surface area (Å²) in [6.07, 6.45) is 0.646. The Morgan fingerprint density at radius 3 is 2.38 bits per heavy atom. The molecule has 0 heterocycles. The molecule has 0 spiro atoms. The van der Waals surface area contributed by atoms with Crippen LogP contribution in [0.1, 0.15) is 37.6 Å². The van der Waals surface area contributed by atoms with Crippen LogP contribution >= 0.6 is 0 Å². The molecule has 0 aliphatic rings. The van der Waals surface area contributed by atoms with E-state index >= 15 is 0 Å². The van der Waals surface area contributed by atoms with Gasteiger partial charge in [0, 0.05) is 12.2 Å². The van der Waals surface area contributed by atoms with Gasteiger partial charge in [0.1, 0.15) is 6.10 Å². The lowest BCUT2D eigenvalue weighted by Crippen LogP contribution is -2.21. The van der Waals surface area contributed by atoms with Gasteiger partial charge in [-0.3, -0.25) is 4.79 Å². The molecule has 16 heavy (non-hydrogen) atoms. The second-order valence-corrected chi connectivity index (χ2v) is 4.43. The van der Waals surface area contributed by atoms with Gasteiger partial charge in [-0.05, 0) is 19.3 Å². The van der Waals surface area contributed by atoms with Crippen molar-refractivity contribution in [3.63, 3.8) is 0 Å². The highest BCUT2D eigenvalue weighted by molar-refractivity contribution is 5.99. The number of carbonyl (C=O) groups excluding carboxylic acids is 1. The molecule has 0 aliphatic heterocycles. The Balaban J connectivity index is 2.43. The maximum atomic E-state index is 11.9. The minimum atomic E-state index is -0.346. The highest BCUT2D eigenvalue weighted by Gasteiger charge is 2.14. The molecule has 0 saturated carbocycles. The summed E-state index contributed by atoms with van der Waals surface area (Å²) < 4.78 is 5.52. The minimum absolute atomic E-state index is 0.0596. The molecule has 0 amide bonds. The van der Waals surface area contributed by atoms with Crippen LogP contribution in [0, 0.1) is 5.92 Å². The summed E-state index contributed by atoms with van der Waals surface area (Å²) in [6.45, 7) is 6.76. The molecule has 0 radical (unpaired) electrons. The lowest BCUT2D eigenvalue weighted by atomic mass is 10.1. The zero-order valence-electron chi connectivity index (χ0n) is 10.3. The standard InChI is InChI=1S/C14H20O2/c1-11(2)9-10-16-12(3)14(15)13-7-5-4-6-8-13/h4-8,11-12H,9-10H2,1-3H3. The average molecular weight is 220 g/mol. The number of benzene rings is 1. The molecular formula is C14H20O2. The van der Waals surface area contributed by atoms with Gasteiger partial charge in [-0.25, -0.2) is 0 Å². The fourth-order valence-electron chi connectivity index (χ4n) is 1.39. The largest absolute Gasteiger partial charge is 0.370 e. The van der Waals surface area contributed by atoms with Gasteiger partial charge < -0.3 is 4.74 Å². The maximum absolute atomic E-state index is 11.9. The first-order valence-electron chi connectivity index (χ1n) is 5.82. The Kier molecular flexibility index (Phi) is 5.20. The first kappa shape index (κ1) is 12.9. The number of carbonyl (C=O) groups is 1. The number of hydrogen-bond donors (Lipinski definition) is 0. The van der Waals surface area contributed by atoms with Crippen molar-refractivity contribution < 1.29 is 9.53 Å². The molecule has 0 aromatic heterocycles. The Morgan fingerprint density at radius 1 is 1.19 bits per heavy atom. The zero-order valence-corrected chi connectivity index (χ0v) is 10.3. The predicted molar refractivity (Wildman–Crippen MR) is 65.6 cm³/mol. The lowest BCUT2D eigenvalue weighted by Gasteiger charge is -2.13. The molecule has 0 N–H and O–H groups in total. The van der Waals surface area contributed by atoms with Gasteiger partial charge in [0.25, 0.3) is 0 Å². The maximum Gasteiger partial charge on any atom is 0.191 e. The Bertz CT molecular complexity index is 317. The molecule has 2 heteroatoms. The number of Topliss-reactive ketones (excluding diaryl/α,β-unsaturated/α-hetero) is 1. The first-order chi connectivity index (χ1) is 7.61. The number of ketones is 1. The summed E-state index contributed by atoms with van der Waals surface area (Å²) in [7, 11) is 0. The van der Waals surface area contributed by atoms with E-state index in [0.717, 1.165) is 12.0 Å². The van der Waals surface area contributed by atoms with E-state index in [1.807, 2.05) is 37.3 Å². The molecule has 0 aliphatic carbocycles. The molecule has 1 unspecified atom stereocenters. The van der Waals surface area contributed by atoms with Gasteiger partial charge in [0.15, 0.2) is 5.78 Å². The second kappa shape index (κ2) is 6.44. The van der Waals surface area contributed by atoms with E-state index in [-0.39, 0.29) is 11.9 Å². The quantitative estimate of drug-likeness (QED) is 0.687. The van der Waals surface area contributed by atoms with Gasteiger partial charge in [-0.2, -0.15) is 0 Å². The van der Waals surface area contributed by atoms with E-state index in [9.17, 15) is 4.79 Å². The summed E-state index contributed by atoms with van der Waals surface area (Å²) in [6, 6.07) is 9.29. The molecular weight excluding hydrogens is 200 g/mol. The summed E-state index contributed by atoms with van der Waals surface area (Å²) in [5, 5.41) is 0. The van der Waals surface area contributed by atoms with E-state index < -0.39 is 0 Å². The summed E-state index contributed by atoms with van der Waals surface area (Å²) in [4.78, 5) is 11.9. The number of rotatable bonds is 6. The molecule has 1 aromatic rings. The van der Waals surface area contributed by atoms with Gasteiger partial charge in [0.2, 0.25) is 0 Å². The van der Waals surface area contributed by atoms with Crippen LogP contribution in [0.2, 0.25) is 0 Å². The topological polar surface area (TPSA) is 26.3 Å². The zero-order chi connectivity index (χ0) is 12.0. The van der Waals surface area contributed by atoms with E-state index in [1.165, 1.54) is 0 Å². The minimum Gasteiger partial charge on any atom is -0.370 e. The third-order valence-corrected chi connectivity index (χ3v) is 2.49. The Labute approximate surface area is 97.6 Å². The normalized spacial score (nSPS) is 12.8. The van der Waals surface area contributed by atoms with Crippen LogP contribution in [0.4, 0.5) is 0 Å². The molecule has 0 saturated heterocycles. The molecule has 0 fully saturated rings. The highest BCUT2D eigenvalue weighted by Crippen LogP contribution is 2.07. The molecule has 88 valence electrons. The summed E-state index contributed by atoms with van der Waals surface area (Å²) >= 11 is 0. The van der Waals surface area contributed by atoms with Crippen LogP contribution in [0.5, 0.6) is 0 Å². The van der Waals surface area contributed by atoms with Crippen molar-refractivity contribution in [1.29, 1.82) is 0 Å². The van der Waals surface area contributed by atoms with E-state index in [1.54, 1.807) is 0 Å². The molecule has 1 atom stereocenters. The summed E-state index contributed by atoms with van der Waals surface area (Å²) in [5.41, 5.74) is 0.722. The molecule has 2 nitrogen and oxygen atoms in total. The van der Waals surface area contributed by atoms with Crippen molar-refractivity contribution >= 4 is 5.78 Å². The smallest absolute Gasteiger partial charge is 0.191 e. The van der Waals surface area contributed by atoms with Crippen LogP contribution in [-0.4, -0.2) is 18.5 Å². The highest BCUT2D eigenvalue weighted by atomic mass is 16.5. The van der Waals surface area contributed by atoms with Crippen LogP contribution in [-0.2, 0) is 4.74 Å². The van der Waals surface area contributed by atoms with Crippen LogP contribution < -0.4 is 0 Å². The predicted octanol–water partition coefficient (Wildman–Crippen LogP) is 3.32. The van der Waals surface area contributed by atoms with Gasteiger partial charge in [0.05, 0.1) is 0 Å². The van der Waals surface area contributed by atoms with E-state index in [0.29, 0.717) is 12.5 Å². The van der Waals surface area contributed by atoms with Gasteiger partial charge in [-0.1, -0.05) is 44.2 Å². The van der Waals surface area contributed by atoms with Gasteiger partial charge in [-0.15, -0.1) is 0 Å². The van der Waals surface area contributed by atoms with Crippen LogP contribution in [0.15, 0.2) is 30.3 Å². The van der Waals surface area contributed by atoms with Crippen molar-refractivity contribution in [2.24, 2.45) is 5.92 Å². The fourth-order valence-corrected chi connectivity index (χ4v) is 1.39. The third kappa shape index (κ3) is 4.15. The Hall–Kier alpha value is -1.15. The van der Waals surface area contributed by atoms with Crippen LogP contribution in [0.25, 0.3) is 0 Å². The Morgan fingerprint density at radius 2 is 1.81 bits per heavy atom. The SMILES string of the molecule is CC(C)CCOC(C)C(=O)c1ccccc1. The van der Waals surface area contributed by atoms with Crippen molar-refractivity contribution in [1.82, 2.24) is 0 Å². The molecule has 1 rings (SSSR count). The summed E-state index contributed by atoms with van der Waals surface area (Å²) in [5.74, 6) is 0.670. The van der Waals surface area contributed by atoms with Crippen LogP contribution in [0.3, 0.4) is 0 Å². The number of hydrogen-bond acceptors (Lipinski definition) is 2. The van der Waals surface area contributed by atoms with Gasteiger partial charge >= 0.3 is 0 Å². The molecule has 0 bridgehead atoms. The fraction of sp³-hybridized carbons (Fsp3) is 0.500. The second-order valence-electron chi connectivity index (χ2n) is 4.43. The number of ether oxygens (including phenoxy) is 1. The lowest BCUT2D eigenvalue weighted by molar-refractivity contribution is 0.0443. The van der Waals surface area contributed by atoms with Crippen molar-refractivity contribution in [3.05, 3.63) is 35.9 Å². The third-order valence-electron chi connectivity index (χ3n) is 2.49. The van der Waals surface area contributed by atoms with Crippen molar-refractivity contribution in [2.75, 3.05) is 6.61 Å². The monoisotopic (exact) mass is 220 g/mol. The van der Waals surface area contributed by atoms with E-state index in [4.69, 9.17) is 4.74 Å². The van der Waals surface area contributed by atoms with E-state index in [2.05, 4.69) is 13.8 Å². The van der Waals surface area contributed by atoms with Crippen molar-refractivity contribution in [2.45, 2.75) is 33.3 Å². The van der Waals surface area contributed by atoms with Crippen molar-refractivity contribution in [3.8, 4) is 0 Å². The average Bonchev–Trinajstić information content (AvgIpc) is 2.28. The first-order valence-corrected chi connectivity index (χ1v) is 5.82.